The summed E-state index contributed by atoms with van der Waals surface area (Å²) in [4.78, 5) is 82.1. The summed E-state index contributed by atoms with van der Waals surface area (Å²) < 4.78 is 59.6. The predicted molar refractivity (Wildman–Crippen MR) is 299 cm³/mol. The molecule has 2 saturated carbocycles. The number of imide groups is 1. The van der Waals surface area contributed by atoms with Crippen LogP contribution in [0.3, 0.4) is 0 Å². The Morgan fingerprint density at radius 2 is 1.56 bits per heavy atom. The van der Waals surface area contributed by atoms with Crippen LogP contribution in [-0.2, 0) is 25.2 Å². The number of rotatable bonds is 14. The van der Waals surface area contributed by atoms with E-state index in [-0.39, 0.29) is 59.2 Å². The molecular formula is C59H75ClF3N9O8. The third-order valence-electron chi connectivity index (χ3n) is 16.8. The van der Waals surface area contributed by atoms with Gasteiger partial charge in [-0.1, -0.05) is 11.6 Å². The number of amides is 6. The molecule has 5 aliphatic rings. The van der Waals surface area contributed by atoms with Gasteiger partial charge in [-0.2, -0.15) is 13.2 Å². The molecule has 17 nitrogen and oxygen atoms in total. The molecule has 0 bridgehead atoms. The summed E-state index contributed by atoms with van der Waals surface area (Å²) in [5.74, 6) is 1.93. The van der Waals surface area contributed by atoms with Crippen molar-refractivity contribution in [3.63, 3.8) is 0 Å². The van der Waals surface area contributed by atoms with Crippen LogP contribution >= 0.6 is 11.6 Å². The number of hydrogen-bond acceptors (Lipinski definition) is 12. The highest BCUT2D eigenvalue weighted by Crippen LogP contribution is 2.48. The minimum Gasteiger partial charge on any atom is -0.491 e. The molecule has 80 heavy (non-hydrogen) atoms. The zero-order chi connectivity index (χ0) is 57.1. The second-order valence-corrected chi connectivity index (χ2v) is 23.9. The topological polar surface area (TPSA) is 188 Å². The average Bonchev–Trinajstić information content (AvgIpc) is 3.41. The molecule has 0 radical (unpaired) electrons. The van der Waals surface area contributed by atoms with Crippen molar-refractivity contribution in [1.82, 2.24) is 30.0 Å². The lowest BCUT2D eigenvalue weighted by molar-refractivity contribution is -0.139. The Bertz CT molecular complexity index is 2940. The van der Waals surface area contributed by atoms with Gasteiger partial charge in [0.05, 0.1) is 34.4 Å². The molecule has 0 unspecified atom stereocenters. The molecule has 6 amide bonds. The largest absolute Gasteiger partial charge is 0.491 e. The second-order valence-electron chi connectivity index (χ2n) is 23.5. The fourth-order valence-electron chi connectivity index (χ4n) is 12.3. The van der Waals surface area contributed by atoms with Crippen LogP contribution in [-0.4, -0.2) is 133 Å². The number of hydrogen-bond donors (Lipinski definition) is 3. The fraction of sp³-hybridized carbons (Fsp3) is 0.576. The highest BCUT2D eigenvalue weighted by molar-refractivity contribution is 6.34. The van der Waals surface area contributed by atoms with Crippen molar-refractivity contribution in [1.29, 1.82) is 0 Å². The van der Waals surface area contributed by atoms with Gasteiger partial charge in [-0.15, -0.1) is 0 Å². The smallest absolute Gasteiger partial charge is 0.416 e. The van der Waals surface area contributed by atoms with Gasteiger partial charge in [0.1, 0.15) is 29.6 Å². The van der Waals surface area contributed by atoms with Crippen LogP contribution in [0, 0.1) is 24.2 Å². The summed E-state index contributed by atoms with van der Waals surface area (Å²) in [6, 6.07) is 11.1. The first-order valence-electron chi connectivity index (χ1n) is 28.2. The van der Waals surface area contributed by atoms with Gasteiger partial charge in [0.15, 0.2) is 0 Å². The van der Waals surface area contributed by atoms with Crippen LogP contribution in [0.25, 0.3) is 10.9 Å². The van der Waals surface area contributed by atoms with Crippen molar-refractivity contribution in [2.75, 3.05) is 88.2 Å². The number of carbonyl (C=O) groups excluding carboxylic acids is 5. The SMILES string of the molecule is COCCOc1cc2nc(C)nc(N[C@H](C)c3cc(NC(=O)OC(C)(C)C)cc(C(F)(F)F)c3)c2cc1C1CCC(C(=O)N2CCN(CC3CCC4(CC3)CCN(C(=O)c3ccc(Cl)c(N5CCC(=O)NC5=O)c3)CC4)CC2)CC1. The molecule has 1 aromatic heterocycles. The van der Waals surface area contributed by atoms with Crippen molar-refractivity contribution in [2.24, 2.45) is 17.3 Å². The molecule has 4 heterocycles. The number of carbonyl (C=O) groups is 5. The number of urea groups is 1. The second kappa shape index (κ2) is 24.5. The Labute approximate surface area is 471 Å². The lowest BCUT2D eigenvalue weighted by Crippen LogP contribution is -2.52. The molecule has 2 aliphatic carbocycles. The van der Waals surface area contributed by atoms with Gasteiger partial charge < -0.3 is 29.3 Å². The molecule has 432 valence electrons. The maximum absolute atomic E-state index is 14.2. The molecule has 3 N–H and O–H groups in total. The third kappa shape index (κ3) is 14.1. The van der Waals surface area contributed by atoms with Crippen LogP contribution in [0.2, 0.25) is 5.02 Å². The number of nitrogens with one attached hydrogen (secondary N) is 3. The van der Waals surface area contributed by atoms with Crippen LogP contribution in [0.15, 0.2) is 48.5 Å². The Morgan fingerprint density at radius 3 is 2.23 bits per heavy atom. The van der Waals surface area contributed by atoms with Gasteiger partial charge in [-0.25, -0.2) is 19.6 Å². The van der Waals surface area contributed by atoms with E-state index >= 15 is 0 Å². The standard InChI is InChI=1S/C59H75ClF3N9O8/c1-36(42-29-43(59(61,62)63)32-44(30-42)67-56(77)80-57(3,4)5)64-52-46-33-45(50(79-28-27-78-6)34-48(46)65-37(2)66-52)39-7-9-40(10-8-39)53(74)71-25-23-69(24-26-71)35-38-13-16-58(17-14-38)18-21-70(22-19-58)54(75)41-11-12-47(60)49(31-41)72-20-15-51(73)68-55(72)76/h11-12,29-34,36,38-40H,7-10,13-28,35H2,1-6H3,(H,67,77)(H,64,65,66)(H,68,73,76)/t36-,39?,40?/m1/s1. The number of aryl methyl sites for hydroxylation is 1. The highest BCUT2D eigenvalue weighted by atomic mass is 35.5. The Balaban J connectivity index is 0.771. The number of benzene rings is 3. The van der Waals surface area contributed by atoms with Crippen molar-refractivity contribution >= 4 is 69.5 Å². The summed E-state index contributed by atoms with van der Waals surface area (Å²) in [5.41, 5.74) is 1.11. The average molecular weight is 1130 g/mol. The number of likely N-dealkylation sites (tertiary alicyclic amines) is 1. The van der Waals surface area contributed by atoms with Crippen molar-refractivity contribution < 1.29 is 51.4 Å². The van der Waals surface area contributed by atoms with Gasteiger partial charge in [0.2, 0.25) is 11.8 Å². The predicted octanol–water partition coefficient (Wildman–Crippen LogP) is 11.1. The lowest BCUT2D eigenvalue weighted by atomic mass is 9.65. The number of piperidine rings is 1. The van der Waals surface area contributed by atoms with Crippen LogP contribution < -0.4 is 25.6 Å². The van der Waals surface area contributed by atoms with E-state index < -0.39 is 35.5 Å². The van der Waals surface area contributed by atoms with Gasteiger partial charge >= 0.3 is 18.3 Å². The van der Waals surface area contributed by atoms with Gasteiger partial charge in [-0.3, -0.25) is 34.8 Å². The quantitative estimate of drug-likeness (QED) is 0.102. The van der Waals surface area contributed by atoms with E-state index in [1.165, 1.54) is 11.0 Å². The van der Waals surface area contributed by atoms with E-state index in [0.717, 1.165) is 102 Å². The zero-order valence-electron chi connectivity index (χ0n) is 46.7. The maximum atomic E-state index is 14.2. The number of methoxy groups -OCH3 is 1. The van der Waals surface area contributed by atoms with E-state index in [4.69, 9.17) is 35.8 Å². The van der Waals surface area contributed by atoms with Crippen molar-refractivity contribution in [2.45, 2.75) is 129 Å². The summed E-state index contributed by atoms with van der Waals surface area (Å²) in [7, 11) is 1.61. The first-order chi connectivity index (χ1) is 38.0. The Kier molecular flexibility index (Phi) is 17.9. The van der Waals surface area contributed by atoms with Crippen LogP contribution in [0.4, 0.5) is 40.0 Å². The summed E-state index contributed by atoms with van der Waals surface area (Å²) in [5, 5.41) is 9.15. The number of piperazine rings is 1. The number of alkyl halides is 3. The Hall–Kier alpha value is -6.25. The molecule has 3 saturated heterocycles. The summed E-state index contributed by atoms with van der Waals surface area (Å²) >= 11 is 6.46. The summed E-state index contributed by atoms with van der Waals surface area (Å²) in [6.45, 7) is 14.9. The van der Waals surface area contributed by atoms with Crippen LogP contribution in [0.1, 0.15) is 143 Å². The lowest BCUT2D eigenvalue weighted by Gasteiger charge is -2.47. The Morgan fingerprint density at radius 1 is 0.850 bits per heavy atom. The number of aromatic nitrogens is 2. The molecule has 4 aromatic rings. The minimum atomic E-state index is -4.68. The number of anilines is 3. The molecule has 3 aliphatic heterocycles. The zero-order valence-corrected chi connectivity index (χ0v) is 47.5. The molecule has 9 rings (SSSR count). The summed E-state index contributed by atoms with van der Waals surface area (Å²) in [6.07, 6.45) is 4.07. The molecule has 1 spiro atoms. The molecular weight excluding hydrogens is 1060 g/mol. The maximum Gasteiger partial charge on any atom is 0.416 e. The van der Waals surface area contributed by atoms with Crippen molar-refractivity contribution in [3.05, 3.63) is 81.6 Å². The first kappa shape index (κ1) is 58.4. The van der Waals surface area contributed by atoms with E-state index in [9.17, 15) is 37.1 Å². The highest BCUT2D eigenvalue weighted by Gasteiger charge is 2.41. The van der Waals surface area contributed by atoms with E-state index in [1.54, 1.807) is 59.9 Å². The minimum absolute atomic E-state index is 0.0586. The van der Waals surface area contributed by atoms with Crippen molar-refractivity contribution in [3.8, 4) is 5.75 Å². The number of halogens is 4. The van der Waals surface area contributed by atoms with Crippen LogP contribution in [0.5, 0.6) is 5.75 Å². The number of fused-ring (bicyclic) bond motifs is 1. The van der Waals surface area contributed by atoms with E-state index in [2.05, 4.69) is 25.8 Å². The van der Waals surface area contributed by atoms with Gasteiger partial charge in [0.25, 0.3) is 5.91 Å². The fourth-order valence-corrected chi connectivity index (χ4v) is 12.6. The van der Waals surface area contributed by atoms with E-state index in [0.29, 0.717) is 89.9 Å². The molecule has 5 fully saturated rings. The monoisotopic (exact) mass is 1130 g/mol. The first-order valence-corrected chi connectivity index (χ1v) is 28.6. The molecule has 21 heteroatoms. The third-order valence-corrected chi connectivity index (χ3v) is 17.1. The van der Waals surface area contributed by atoms with Gasteiger partial charge in [-0.05, 0) is 170 Å². The molecule has 3 aromatic carbocycles. The normalized spacial score (nSPS) is 20.9. The van der Waals surface area contributed by atoms with Gasteiger partial charge in [0, 0.05) is 94.5 Å². The molecule has 1 atom stereocenters. The van der Waals surface area contributed by atoms with E-state index in [1.807, 2.05) is 17.0 Å². The number of ether oxygens (including phenoxy) is 3. The number of nitrogens with zero attached hydrogens (tertiary/aromatic N) is 6.